The second-order valence-corrected chi connectivity index (χ2v) is 5.62. The van der Waals surface area contributed by atoms with E-state index in [-0.39, 0.29) is 5.60 Å². The predicted molar refractivity (Wildman–Crippen MR) is 74.4 cm³/mol. The molecule has 98 valence electrons. The van der Waals surface area contributed by atoms with Gasteiger partial charge in [0.05, 0.1) is 0 Å². The van der Waals surface area contributed by atoms with Gasteiger partial charge in [0.25, 0.3) is 0 Å². The average molecular weight is 246 g/mol. The number of rotatable bonds is 4. The summed E-state index contributed by atoms with van der Waals surface area (Å²) in [6.45, 7) is 10.1. The van der Waals surface area contributed by atoms with E-state index in [1.807, 2.05) is 12.1 Å². The van der Waals surface area contributed by atoms with Crippen molar-refractivity contribution in [2.45, 2.75) is 52.1 Å². The second-order valence-electron chi connectivity index (χ2n) is 5.62. The summed E-state index contributed by atoms with van der Waals surface area (Å²) in [5.74, 6) is 1.38. The van der Waals surface area contributed by atoms with Gasteiger partial charge in [-0.3, -0.25) is 0 Å². The molecule has 0 aliphatic carbocycles. The van der Waals surface area contributed by atoms with Gasteiger partial charge in [0.1, 0.15) is 17.1 Å². The summed E-state index contributed by atoms with van der Waals surface area (Å²) >= 11 is 0. The van der Waals surface area contributed by atoms with Gasteiger partial charge in [0, 0.05) is 23.1 Å². The highest BCUT2D eigenvalue weighted by Crippen LogP contribution is 2.43. The third kappa shape index (κ3) is 2.24. The summed E-state index contributed by atoms with van der Waals surface area (Å²) in [6, 6.07) is 1.88. The molecule has 0 unspecified atom stereocenters. The van der Waals surface area contributed by atoms with E-state index in [2.05, 4.69) is 27.4 Å². The second kappa shape index (κ2) is 4.68. The lowest BCUT2D eigenvalue weighted by Crippen LogP contribution is -2.24. The largest absolute Gasteiger partial charge is 0.508 e. The van der Waals surface area contributed by atoms with Crippen LogP contribution in [0.3, 0.4) is 0 Å². The highest BCUT2D eigenvalue weighted by Gasteiger charge is 2.33. The molecule has 0 fully saturated rings. The Balaban J connectivity index is 2.55. The van der Waals surface area contributed by atoms with Crippen LogP contribution in [0, 0.1) is 0 Å². The molecule has 2 nitrogen and oxygen atoms in total. The quantitative estimate of drug-likeness (QED) is 0.819. The zero-order valence-electron chi connectivity index (χ0n) is 11.5. The van der Waals surface area contributed by atoms with E-state index in [9.17, 15) is 5.11 Å². The van der Waals surface area contributed by atoms with E-state index in [1.165, 1.54) is 0 Å². The van der Waals surface area contributed by atoms with Crippen molar-refractivity contribution in [2.75, 3.05) is 0 Å². The molecular formula is C16H22O2. The van der Waals surface area contributed by atoms with Crippen LogP contribution in [-0.2, 0) is 19.3 Å². The van der Waals surface area contributed by atoms with Crippen molar-refractivity contribution in [3.8, 4) is 11.5 Å². The smallest absolute Gasteiger partial charge is 0.127 e. The van der Waals surface area contributed by atoms with Gasteiger partial charge in [-0.15, -0.1) is 6.58 Å². The molecule has 0 bridgehead atoms. The summed E-state index contributed by atoms with van der Waals surface area (Å²) in [7, 11) is 0. The van der Waals surface area contributed by atoms with Crippen molar-refractivity contribution < 1.29 is 9.84 Å². The third-order valence-electron chi connectivity index (χ3n) is 3.39. The molecule has 0 spiro atoms. The number of ether oxygens (including phenoxy) is 1. The Labute approximate surface area is 109 Å². The number of phenolic OH excluding ortho intramolecular Hbond substituents is 1. The van der Waals surface area contributed by atoms with Gasteiger partial charge in [0.2, 0.25) is 0 Å². The number of fused-ring (bicyclic) bond motifs is 1. The summed E-state index contributed by atoms with van der Waals surface area (Å²) in [5, 5.41) is 10.2. The van der Waals surface area contributed by atoms with E-state index in [0.717, 1.165) is 48.1 Å². The fourth-order valence-corrected chi connectivity index (χ4v) is 2.72. The minimum absolute atomic E-state index is 0.171. The minimum Gasteiger partial charge on any atom is -0.508 e. The van der Waals surface area contributed by atoms with Crippen molar-refractivity contribution in [1.29, 1.82) is 0 Å². The molecular weight excluding hydrogens is 224 g/mol. The maximum absolute atomic E-state index is 10.2. The van der Waals surface area contributed by atoms with Crippen LogP contribution in [0.2, 0.25) is 0 Å². The highest BCUT2D eigenvalue weighted by atomic mass is 16.5. The van der Waals surface area contributed by atoms with Crippen LogP contribution >= 0.6 is 0 Å². The number of hydrogen-bond acceptors (Lipinski definition) is 2. The fraction of sp³-hybridized carbons (Fsp3) is 0.500. The first-order valence-corrected chi connectivity index (χ1v) is 6.65. The topological polar surface area (TPSA) is 29.5 Å². The lowest BCUT2D eigenvalue weighted by atomic mass is 9.93. The summed E-state index contributed by atoms with van der Waals surface area (Å²) < 4.78 is 6.06. The molecule has 1 heterocycles. The van der Waals surface area contributed by atoms with Crippen LogP contribution in [0.5, 0.6) is 11.5 Å². The number of hydrogen-bond donors (Lipinski definition) is 1. The highest BCUT2D eigenvalue weighted by molar-refractivity contribution is 5.56. The molecule has 1 aliphatic rings. The van der Waals surface area contributed by atoms with Gasteiger partial charge in [-0.25, -0.2) is 0 Å². The monoisotopic (exact) mass is 246 g/mol. The Hall–Kier alpha value is -1.44. The molecule has 1 N–H and O–H groups in total. The molecule has 0 amide bonds. The standard InChI is InChI=1S/C16H22O2/c1-5-7-12-13(8-6-2)15-11(9-14(12)17)10-16(3,4)18-15/h6,9,17H,2,5,7-8,10H2,1,3-4H3. The number of aromatic hydroxyl groups is 1. The predicted octanol–water partition coefficient (Wildman–Crippen LogP) is 3.79. The lowest BCUT2D eigenvalue weighted by Gasteiger charge is -2.19. The molecule has 1 aliphatic heterocycles. The number of allylic oxidation sites excluding steroid dienone is 1. The van der Waals surface area contributed by atoms with Gasteiger partial charge in [-0.05, 0) is 32.8 Å². The first-order chi connectivity index (χ1) is 8.48. The van der Waals surface area contributed by atoms with Crippen LogP contribution in [-0.4, -0.2) is 10.7 Å². The normalized spacial score (nSPS) is 16.2. The molecule has 0 saturated heterocycles. The molecule has 1 aromatic carbocycles. The summed E-state index contributed by atoms with van der Waals surface area (Å²) in [5.41, 5.74) is 3.09. The fourth-order valence-electron chi connectivity index (χ4n) is 2.72. The number of phenols is 1. The zero-order valence-corrected chi connectivity index (χ0v) is 11.5. The molecule has 0 aromatic heterocycles. The van der Waals surface area contributed by atoms with Gasteiger partial charge in [0.15, 0.2) is 0 Å². The van der Waals surface area contributed by atoms with Crippen molar-refractivity contribution in [1.82, 2.24) is 0 Å². The van der Waals surface area contributed by atoms with Gasteiger partial charge in [-0.2, -0.15) is 0 Å². The van der Waals surface area contributed by atoms with Crippen molar-refractivity contribution in [3.63, 3.8) is 0 Å². The Morgan fingerprint density at radius 3 is 2.78 bits per heavy atom. The van der Waals surface area contributed by atoms with Crippen LogP contribution in [0.4, 0.5) is 0 Å². The van der Waals surface area contributed by atoms with Crippen LogP contribution in [0.25, 0.3) is 0 Å². The Morgan fingerprint density at radius 1 is 1.44 bits per heavy atom. The van der Waals surface area contributed by atoms with E-state index >= 15 is 0 Å². The van der Waals surface area contributed by atoms with Crippen molar-refractivity contribution in [3.05, 3.63) is 35.4 Å². The van der Waals surface area contributed by atoms with Crippen LogP contribution < -0.4 is 4.74 Å². The molecule has 0 saturated carbocycles. The average Bonchev–Trinajstić information content (AvgIpc) is 2.58. The summed E-state index contributed by atoms with van der Waals surface area (Å²) in [6.07, 6.45) is 5.38. The van der Waals surface area contributed by atoms with Crippen LogP contribution in [0.1, 0.15) is 43.9 Å². The third-order valence-corrected chi connectivity index (χ3v) is 3.39. The van der Waals surface area contributed by atoms with E-state index < -0.39 is 0 Å². The minimum atomic E-state index is -0.171. The number of benzene rings is 1. The van der Waals surface area contributed by atoms with Crippen molar-refractivity contribution in [2.24, 2.45) is 0 Å². The molecule has 2 heteroatoms. The molecule has 2 rings (SSSR count). The molecule has 18 heavy (non-hydrogen) atoms. The van der Waals surface area contributed by atoms with E-state index in [4.69, 9.17) is 4.74 Å². The lowest BCUT2D eigenvalue weighted by molar-refractivity contribution is 0.137. The van der Waals surface area contributed by atoms with Gasteiger partial charge < -0.3 is 9.84 Å². The van der Waals surface area contributed by atoms with Crippen LogP contribution in [0.15, 0.2) is 18.7 Å². The Kier molecular flexibility index (Phi) is 3.38. The van der Waals surface area contributed by atoms with Gasteiger partial charge >= 0.3 is 0 Å². The maximum Gasteiger partial charge on any atom is 0.127 e. The zero-order chi connectivity index (χ0) is 13.3. The van der Waals surface area contributed by atoms with E-state index in [1.54, 1.807) is 0 Å². The first-order valence-electron chi connectivity index (χ1n) is 6.65. The SMILES string of the molecule is C=CCc1c(CCC)c(O)cc2c1OC(C)(C)C2. The first kappa shape index (κ1) is 13.0. The van der Waals surface area contributed by atoms with Gasteiger partial charge in [-0.1, -0.05) is 19.4 Å². The molecule has 1 aromatic rings. The Bertz CT molecular complexity index is 472. The molecule has 0 atom stereocenters. The summed E-state index contributed by atoms with van der Waals surface area (Å²) in [4.78, 5) is 0. The molecule has 0 radical (unpaired) electrons. The maximum atomic E-state index is 10.2. The van der Waals surface area contributed by atoms with E-state index in [0.29, 0.717) is 5.75 Å². The van der Waals surface area contributed by atoms with Crippen molar-refractivity contribution >= 4 is 0 Å². The Morgan fingerprint density at radius 2 is 2.17 bits per heavy atom.